The fourth-order valence-electron chi connectivity index (χ4n) is 4.61. The van der Waals surface area contributed by atoms with Crippen molar-refractivity contribution in [1.82, 2.24) is 4.57 Å². The molecule has 1 atom stereocenters. The number of esters is 1. The average Bonchev–Trinajstić information content (AvgIpc) is 3.26. The molecule has 0 N–H and O–H groups in total. The first-order chi connectivity index (χ1) is 20.2. The molecule has 4 aromatic rings. The number of allylic oxidation sites excluding steroid dienone is 1. The van der Waals surface area contributed by atoms with Gasteiger partial charge in [0.05, 0.1) is 44.5 Å². The van der Waals surface area contributed by atoms with Crippen LogP contribution >= 0.6 is 43.2 Å². The third-order valence-electron chi connectivity index (χ3n) is 6.60. The van der Waals surface area contributed by atoms with Gasteiger partial charge < -0.3 is 14.2 Å². The molecule has 5 rings (SSSR count). The average molecular weight is 716 g/mol. The van der Waals surface area contributed by atoms with Crippen molar-refractivity contribution in [2.75, 3.05) is 13.7 Å². The number of hydrogen-bond donors (Lipinski definition) is 0. The zero-order chi connectivity index (χ0) is 30.0. The van der Waals surface area contributed by atoms with Crippen LogP contribution in [0.1, 0.15) is 36.6 Å². The molecule has 0 radical (unpaired) electrons. The van der Waals surface area contributed by atoms with Gasteiger partial charge in [0, 0.05) is 5.56 Å². The summed E-state index contributed by atoms with van der Waals surface area (Å²) in [6.07, 6.45) is 1.76. The highest BCUT2D eigenvalue weighted by Crippen LogP contribution is 2.35. The number of rotatable bonds is 8. The number of aromatic nitrogens is 1. The summed E-state index contributed by atoms with van der Waals surface area (Å²) in [6, 6.07) is 16.5. The molecule has 2 heterocycles. The fourth-order valence-corrected chi connectivity index (χ4v) is 6.72. The molecule has 0 bridgehead atoms. The minimum atomic E-state index is -0.745. The molecular formula is C31H25Br2FN2O5S. The Hall–Kier alpha value is -3.54. The normalized spacial score (nSPS) is 14.8. The summed E-state index contributed by atoms with van der Waals surface area (Å²) in [5, 5.41) is 0. The van der Waals surface area contributed by atoms with E-state index in [1.165, 1.54) is 22.0 Å². The van der Waals surface area contributed by atoms with E-state index in [1.54, 1.807) is 57.4 Å². The Morgan fingerprint density at radius 2 is 1.83 bits per heavy atom. The van der Waals surface area contributed by atoms with Gasteiger partial charge in [-0.25, -0.2) is 14.2 Å². The van der Waals surface area contributed by atoms with Crippen molar-refractivity contribution in [3.63, 3.8) is 0 Å². The number of halogens is 3. The van der Waals surface area contributed by atoms with Gasteiger partial charge in [-0.15, -0.1) is 0 Å². The summed E-state index contributed by atoms with van der Waals surface area (Å²) in [5.74, 6) is 0.301. The molecule has 3 aromatic carbocycles. The molecule has 0 saturated heterocycles. The quantitative estimate of drug-likeness (QED) is 0.208. The summed E-state index contributed by atoms with van der Waals surface area (Å²) in [7, 11) is 1.57. The van der Waals surface area contributed by atoms with E-state index in [4.69, 9.17) is 14.2 Å². The highest BCUT2D eigenvalue weighted by atomic mass is 79.9. The summed E-state index contributed by atoms with van der Waals surface area (Å²) >= 11 is 8.28. The number of nitrogens with zero attached hydrogens (tertiary/aromatic N) is 2. The van der Waals surface area contributed by atoms with Gasteiger partial charge in [-0.3, -0.25) is 9.36 Å². The lowest BCUT2D eigenvalue weighted by molar-refractivity contribution is -0.139. The lowest BCUT2D eigenvalue weighted by Crippen LogP contribution is -2.39. The third-order valence-corrected chi connectivity index (χ3v) is 8.83. The number of carbonyl (C=O) groups is 1. The van der Waals surface area contributed by atoms with Crippen LogP contribution in [0.3, 0.4) is 0 Å². The van der Waals surface area contributed by atoms with Gasteiger partial charge in [0.25, 0.3) is 5.56 Å². The lowest BCUT2D eigenvalue weighted by atomic mass is 9.96. The molecule has 7 nitrogen and oxygen atoms in total. The Morgan fingerprint density at radius 1 is 1.10 bits per heavy atom. The maximum atomic E-state index is 14.0. The van der Waals surface area contributed by atoms with Gasteiger partial charge in [0.15, 0.2) is 4.80 Å². The van der Waals surface area contributed by atoms with E-state index in [0.29, 0.717) is 52.2 Å². The van der Waals surface area contributed by atoms with Crippen LogP contribution in [0.4, 0.5) is 4.39 Å². The van der Waals surface area contributed by atoms with Crippen molar-refractivity contribution < 1.29 is 23.4 Å². The fraction of sp³-hybridized carbons (Fsp3) is 0.194. The molecule has 0 fully saturated rings. The molecule has 1 aromatic heterocycles. The van der Waals surface area contributed by atoms with Crippen LogP contribution in [0.25, 0.3) is 6.08 Å². The molecule has 11 heteroatoms. The summed E-state index contributed by atoms with van der Waals surface area (Å²) in [5.41, 5.74) is 2.39. The molecule has 0 aliphatic carbocycles. The van der Waals surface area contributed by atoms with Gasteiger partial charge in [-0.1, -0.05) is 41.7 Å². The van der Waals surface area contributed by atoms with Gasteiger partial charge in [-0.05, 0) is 93.2 Å². The van der Waals surface area contributed by atoms with E-state index in [2.05, 4.69) is 36.9 Å². The Labute approximate surface area is 261 Å². The highest BCUT2D eigenvalue weighted by Gasteiger charge is 2.33. The molecule has 216 valence electrons. The molecule has 1 aliphatic heterocycles. The molecule has 0 unspecified atom stereocenters. The van der Waals surface area contributed by atoms with Crippen molar-refractivity contribution in [3.05, 3.63) is 123 Å². The lowest BCUT2D eigenvalue weighted by Gasteiger charge is -2.25. The van der Waals surface area contributed by atoms with Crippen molar-refractivity contribution in [2.45, 2.75) is 26.5 Å². The van der Waals surface area contributed by atoms with E-state index >= 15 is 0 Å². The van der Waals surface area contributed by atoms with Crippen LogP contribution in [0.15, 0.2) is 90.7 Å². The second kappa shape index (κ2) is 12.8. The number of thiazole rings is 1. The summed E-state index contributed by atoms with van der Waals surface area (Å²) < 4.78 is 33.8. The van der Waals surface area contributed by atoms with Crippen LogP contribution in [0.2, 0.25) is 0 Å². The van der Waals surface area contributed by atoms with E-state index in [9.17, 15) is 14.0 Å². The van der Waals surface area contributed by atoms with Crippen molar-refractivity contribution in [3.8, 4) is 11.5 Å². The smallest absolute Gasteiger partial charge is 0.338 e. The first kappa shape index (κ1) is 29.9. The van der Waals surface area contributed by atoms with Gasteiger partial charge in [0.1, 0.15) is 23.9 Å². The van der Waals surface area contributed by atoms with Crippen molar-refractivity contribution in [1.29, 1.82) is 0 Å². The van der Waals surface area contributed by atoms with Crippen LogP contribution in [-0.4, -0.2) is 24.3 Å². The second-order valence-electron chi connectivity index (χ2n) is 9.27. The van der Waals surface area contributed by atoms with Gasteiger partial charge in [-0.2, -0.15) is 0 Å². The molecule has 0 amide bonds. The van der Waals surface area contributed by atoms with Crippen LogP contribution < -0.4 is 24.4 Å². The topological polar surface area (TPSA) is 79.1 Å². The molecule has 42 heavy (non-hydrogen) atoms. The third kappa shape index (κ3) is 5.99. The van der Waals surface area contributed by atoms with E-state index in [-0.39, 0.29) is 24.6 Å². The number of hydrogen-bond acceptors (Lipinski definition) is 7. The Bertz CT molecular complexity index is 1900. The minimum absolute atomic E-state index is 0.0762. The van der Waals surface area contributed by atoms with Crippen molar-refractivity contribution in [2.24, 2.45) is 4.99 Å². The Kier molecular flexibility index (Phi) is 9.10. The highest BCUT2D eigenvalue weighted by molar-refractivity contribution is 9.10. The minimum Gasteiger partial charge on any atom is -0.496 e. The maximum absolute atomic E-state index is 14.0. The Morgan fingerprint density at radius 3 is 2.52 bits per heavy atom. The zero-order valence-electron chi connectivity index (χ0n) is 22.8. The van der Waals surface area contributed by atoms with Crippen molar-refractivity contribution >= 4 is 55.2 Å². The summed E-state index contributed by atoms with van der Waals surface area (Å²) in [4.78, 5) is 32.1. The number of fused-ring (bicyclic) bond motifs is 1. The largest absolute Gasteiger partial charge is 0.496 e. The second-order valence-corrected chi connectivity index (χ2v) is 12.0. The predicted octanol–water partition coefficient (Wildman–Crippen LogP) is 6.05. The van der Waals surface area contributed by atoms with Crippen LogP contribution in [0, 0.1) is 5.82 Å². The van der Waals surface area contributed by atoms with E-state index in [1.807, 2.05) is 24.3 Å². The molecular weight excluding hydrogens is 691 g/mol. The number of benzene rings is 3. The van der Waals surface area contributed by atoms with Crippen LogP contribution in [0.5, 0.6) is 11.5 Å². The molecule has 0 spiro atoms. The van der Waals surface area contributed by atoms with E-state index in [0.717, 1.165) is 5.56 Å². The number of methoxy groups -OCH3 is 1. The first-order valence-corrected chi connectivity index (χ1v) is 15.3. The van der Waals surface area contributed by atoms with E-state index < -0.39 is 12.0 Å². The van der Waals surface area contributed by atoms with Crippen LogP contribution in [-0.2, 0) is 16.1 Å². The van der Waals surface area contributed by atoms with Gasteiger partial charge >= 0.3 is 5.97 Å². The molecule has 0 saturated carbocycles. The van der Waals surface area contributed by atoms with Gasteiger partial charge in [0.2, 0.25) is 0 Å². The summed E-state index contributed by atoms with van der Waals surface area (Å²) in [6.45, 7) is 3.74. The molecule has 1 aliphatic rings. The number of carbonyl (C=O) groups excluding carboxylic acids is 1. The zero-order valence-corrected chi connectivity index (χ0v) is 26.8. The monoisotopic (exact) mass is 714 g/mol. The maximum Gasteiger partial charge on any atom is 0.338 e. The Balaban J connectivity index is 1.55. The predicted molar refractivity (Wildman–Crippen MR) is 166 cm³/mol. The SMILES string of the molecule is CCOC(=O)C1=C(C)N=c2s/c(=C/c3ccc(OCc4ccccc4F)c(Br)c3)c(=O)n2[C@@H]1c1ccc(OC)c(Br)c1. The number of ether oxygens (including phenoxy) is 3. The standard InChI is InChI=1S/C31H25Br2FN2O5S/c1-4-40-30(38)27-17(2)35-31-36(28(27)19-10-12-24(39-3)22(33)15-19)29(37)26(42-31)14-18-9-11-25(21(32)13-18)41-16-20-7-5-6-8-23(20)34/h5-15,28H,4,16H2,1-3H3/b26-14+/t28-/m1/s1. The first-order valence-electron chi connectivity index (χ1n) is 12.9.